The summed E-state index contributed by atoms with van der Waals surface area (Å²) in [4.78, 5) is 19.1. The molecule has 0 spiro atoms. The van der Waals surface area contributed by atoms with Crippen LogP contribution in [0, 0.1) is 18.6 Å². The number of nitrogens with one attached hydrogen (secondary N) is 1. The highest BCUT2D eigenvalue weighted by atomic mass is 35.5. The largest absolute Gasteiger partial charge is 0.352 e. The van der Waals surface area contributed by atoms with Crippen molar-refractivity contribution in [1.29, 1.82) is 0 Å². The molecule has 0 unspecified atom stereocenters. The molecular weight excluding hydrogens is 420 g/mol. The summed E-state index contributed by atoms with van der Waals surface area (Å²) in [7, 11) is 0. The van der Waals surface area contributed by atoms with E-state index in [4.69, 9.17) is 11.6 Å². The molecular formula is C24H22ClF2N3O. The van der Waals surface area contributed by atoms with Crippen molar-refractivity contribution in [3.63, 3.8) is 0 Å². The molecule has 3 aromatic rings. The Bertz CT molecular complexity index is 1100. The number of benzene rings is 2. The highest BCUT2D eigenvalue weighted by molar-refractivity contribution is 6.31. The SMILES string of the molecule is Cc1c(Cl)ccc(Nc2ccncc2C(=O)N2CCC(c3ccc(F)cc3)CC2)c1F. The molecule has 7 heteroatoms. The first-order valence-corrected chi connectivity index (χ1v) is 10.5. The number of carbonyl (C=O) groups is 1. The molecule has 160 valence electrons. The second-order valence-corrected chi connectivity index (χ2v) is 8.11. The van der Waals surface area contributed by atoms with Crippen molar-refractivity contribution in [3.05, 3.63) is 88.2 Å². The number of aromatic nitrogens is 1. The third-order valence-electron chi connectivity index (χ3n) is 5.76. The molecule has 1 fully saturated rings. The number of hydrogen-bond acceptors (Lipinski definition) is 3. The number of hydrogen-bond donors (Lipinski definition) is 1. The van der Waals surface area contributed by atoms with E-state index >= 15 is 0 Å². The topological polar surface area (TPSA) is 45.2 Å². The van der Waals surface area contributed by atoms with Crippen molar-refractivity contribution >= 4 is 28.9 Å². The van der Waals surface area contributed by atoms with Crippen molar-refractivity contribution in [2.75, 3.05) is 18.4 Å². The summed E-state index contributed by atoms with van der Waals surface area (Å²) in [6.07, 6.45) is 4.65. The third kappa shape index (κ3) is 4.54. The van der Waals surface area contributed by atoms with Crippen molar-refractivity contribution in [3.8, 4) is 0 Å². The molecule has 1 aromatic heterocycles. The maximum atomic E-state index is 14.6. The Morgan fingerprint density at radius 2 is 1.77 bits per heavy atom. The zero-order chi connectivity index (χ0) is 22.0. The molecule has 4 rings (SSSR count). The van der Waals surface area contributed by atoms with E-state index in [0.29, 0.717) is 40.8 Å². The van der Waals surface area contributed by atoms with Gasteiger partial charge in [0.05, 0.1) is 16.9 Å². The van der Waals surface area contributed by atoms with E-state index in [2.05, 4.69) is 10.3 Å². The first-order valence-electron chi connectivity index (χ1n) is 10.1. The summed E-state index contributed by atoms with van der Waals surface area (Å²) in [6, 6.07) is 11.4. The van der Waals surface area contributed by atoms with Crippen molar-refractivity contribution in [2.24, 2.45) is 0 Å². The van der Waals surface area contributed by atoms with Gasteiger partial charge in [-0.2, -0.15) is 0 Å². The van der Waals surface area contributed by atoms with Crippen molar-refractivity contribution in [2.45, 2.75) is 25.7 Å². The van der Waals surface area contributed by atoms with Crippen LogP contribution in [-0.4, -0.2) is 28.9 Å². The number of amides is 1. The first-order chi connectivity index (χ1) is 14.9. The van der Waals surface area contributed by atoms with Crippen LogP contribution < -0.4 is 5.32 Å². The zero-order valence-electron chi connectivity index (χ0n) is 17.0. The standard InChI is InChI=1S/C24H22ClF2N3O/c1-15-20(25)6-7-22(23(15)27)29-21-8-11-28-14-19(21)24(31)30-12-9-17(10-13-30)16-2-4-18(26)5-3-16/h2-8,11,14,17H,9-10,12-13H2,1H3,(H,28,29). The summed E-state index contributed by atoms with van der Waals surface area (Å²) < 4.78 is 27.8. The molecule has 2 aromatic carbocycles. The van der Waals surface area contributed by atoms with Gasteiger partial charge in [0, 0.05) is 36.1 Å². The molecule has 1 aliphatic heterocycles. The van der Waals surface area contributed by atoms with Crippen LogP contribution in [0.4, 0.5) is 20.2 Å². The van der Waals surface area contributed by atoms with Crippen LogP contribution in [0.25, 0.3) is 0 Å². The maximum Gasteiger partial charge on any atom is 0.257 e. The van der Waals surface area contributed by atoms with Gasteiger partial charge in [0.15, 0.2) is 5.82 Å². The number of halogens is 3. The molecule has 2 heterocycles. The Morgan fingerprint density at radius 3 is 2.48 bits per heavy atom. The monoisotopic (exact) mass is 441 g/mol. The Hall–Kier alpha value is -2.99. The molecule has 31 heavy (non-hydrogen) atoms. The molecule has 0 radical (unpaired) electrons. The van der Waals surface area contributed by atoms with Crippen LogP contribution in [0.3, 0.4) is 0 Å². The maximum absolute atomic E-state index is 14.6. The summed E-state index contributed by atoms with van der Waals surface area (Å²) in [5.74, 6) is -0.565. The van der Waals surface area contributed by atoms with Crippen LogP contribution >= 0.6 is 11.6 Å². The fourth-order valence-corrected chi connectivity index (χ4v) is 4.04. The number of pyridine rings is 1. The van der Waals surface area contributed by atoms with Crippen LogP contribution in [0.1, 0.15) is 40.2 Å². The van der Waals surface area contributed by atoms with Gasteiger partial charge in [-0.15, -0.1) is 0 Å². The van der Waals surface area contributed by atoms with E-state index in [9.17, 15) is 13.6 Å². The van der Waals surface area contributed by atoms with E-state index in [0.717, 1.165) is 18.4 Å². The molecule has 0 bridgehead atoms. The van der Waals surface area contributed by atoms with Crippen molar-refractivity contribution < 1.29 is 13.6 Å². The van der Waals surface area contributed by atoms with E-state index in [1.54, 1.807) is 36.2 Å². The number of carbonyl (C=O) groups excluding carboxylic acids is 1. The van der Waals surface area contributed by atoms with Gasteiger partial charge in [-0.25, -0.2) is 8.78 Å². The van der Waals surface area contributed by atoms with Crippen LogP contribution in [0.2, 0.25) is 5.02 Å². The number of piperidine rings is 1. The van der Waals surface area contributed by atoms with Gasteiger partial charge in [-0.05, 0) is 61.6 Å². The van der Waals surface area contributed by atoms with Crippen LogP contribution in [0.5, 0.6) is 0 Å². The van der Waals surface area contributed by atoms with Crippen LogP contribution in [-0.2, 0) is 0 Å². The van der Waals surface area contributed by atoms with E-state index in [-0.39, 0.29) is 17.4 Å². The molecule has 0 atom stereocenters. The minimum absolute atomic E-state index is 0.153. The second-order valence-electron chi connectivity index (χ2n) is 7.70. The highest BCUT2D eigenvalue weighted by Crippen LogP contribution is 2.31. The second kappa shape index (κ2) is 9.02. The van der Waals surface area contributed by atoms with Gasteiger partial charge in [-0.3, -0.25) is 9.78 Å². The molecule has 1 saturated heterocycles. The molecule has 1 amide bonds. The van der Waals surface area contributed by atoms with Gasteiger partial charge < -0.3 is 10.2 Å². The molecule has 1 aliphatic rings. The highest BCUT2D eigenvalue weighted by Gasteiger charge is 2.26. The lowest BCUT2D eigenvalue weighted by atomic mass is 9.89. The number of nitrogens with zero attached hydrogens (tertiary/aromatic N) is 2. The van der Waals surface area contributed by atoms with Crippen molar-refractivity contribution in [1.82, 2.24) is 9.88 Å². The number of anilines is 2. The predicted molar refractivity (Wildman–Crippen MR) is 118 cm³/mol. The van der Waals surface area contributed by atoms with E-state index in [1.807, 2.05) is 12.1 Å². The average Bonchev–Trinajstić information content (AvgIpc) is 2.80. The normalized spacial score (nSPS) is 14.5. The van der Waals surface area contributed by atoms with E-state index < -0.39 is 5.82 Å². The quantitative estimate of drug-likeness (QED) is 0.533. The lowest BCUT2D eigenvalue weighted by Gasteiger charge is -2.32. The summed E-state index contributed by atoms with van der Waals surface area (Å²) in [5, 5.41) is 3.36. The van der Waals surface area contributed by atoms with Gasteiger partial charge in [0.1, 0.15) is 5.82 Å². The van der Waals surface area contributed by atoms with Gasteiger partial charge in [-0.1, -0.05) is 23.7 Å². The fourth-order valence-electron chi connectivity index (χ4n) is 3.90. The van der Waals surface area contributed by atoms with E-state index in [1.165, 1.54) is 18.3 Å². The first kappa shape index (κ1) is 21.2. The molecule has 0 aliphatic carbocycles. The lowest BCUT2D eigenvalue weighted by molar-refractivity contribution is 0.0713. The Labute approximate surface area is 184 Å². The molecule has 1 N–H and O–H groups in total. The van der Waals surface area contributed by atoms with Gasteiger partial charge >= 0.3 is 0 Å². The number of likely N-dealkylation sites (tertiary alicyclic amines) is 1. The molecule has 0 saturated carbocycles. The third-order valence-corrected chi connectivity index (χ3v) is 6.17. The zero-order valence-corrected chi connectivity index (χ0v) is 17.8. The lowest BCUT2D eigenvalue weighted by Crippen LogP contribution is -2.38. The van der Waals surface area contributed by atoms with Gasteiger partial charge in [0.25, 0.3) is 5.91 Å². The Morgan fingerprint density at radius 1 is 1.06 bits per heavy atom. The Kier molecular flexibility index (Phi) is 6.18. The average molecular weight is 442 g/mol. The molecule has 4 nitrogen and oxygen atoms in total. The number of rotatable bonds is 4. The summed E-state index contributed by atoms with van der Waals surface area (Å²) in [5.41, 5.74) is 2.55. The minimum Gasteiger partial charge on any atom is -0.352 e. The Balaban J connectivity index is 1.49. The minimum atomic E-state index is -0.456. The fraction of sp³-hybridized carbons (Fsp3) is 0.250. The summed E-state index contributed by atoms with van der Waals surface area (Å²) in [6.45, 7) is 2.78. The van der Waals surface area contributed by atoms with Gasteiger partial charge in [0.2, 0.25) is 0 Å². The van der Waals surface area contributed by atoms with Crippen LogP contribution in [0.15, 0.2) is 54.9 Å². The smallest absolute Gasteiger partial charge is 0.257 e. The summed E-state index contributed by atoms with van der Waals surface area (Å²) >= 11 is 5.98. The predicted octanol–water partition coefficient (Wildman–Crippen LogP) is 6.09.